The van der Waals surface area contributed by atoms with E-state index in [-0.39, 0.29) is 17.7 Å². The van der Waals surface area contributed by atoms with Crippen molar-refractivity contribution in [3.05, 3.63) is 29.8 Å². The molecule has 22 heavy (non-hydrogen) atoms. The largest absolute Gasteiger partial charge is 0.444 e. The van der Waals surface area contributed by atoms with Crippen LogP contribution in [-0.4, -0.2) is 58.6 Å². The summed E-state index contributed by atoms with van der Waals surface area (Å²) < 4.78 is 18.4. The third-order valence-corrected chi connectivity index (χ3v) is 3.15. The Bertz CT molecular complexity index is 563. The van der Waals surface area contributed by atoms with Crippen LogP contribution in [-0.2, 0) is 4.74 Å². The van der Waals surface area contributed by atoms with Gasteiger partial charge in [0.2, 0.25) is 5.95 Å². The van der Waals surface area contributed by atoms with Crippen molar-refractivity contribution in [1.82, 2.24) is 14.8 Å². The van der Waals surface area contributed by atoms with Gasteiger partial charge in [-0.1, -0.05) is 6.07 Å². The zero-order valence-corrected chi connectivity index (χ0v) is 13.0. The zero-order valence-electron chi connectivity index (χ0n) is 13.0. The highest BCUT2D eigenvalue weighted by molar-refractivity contribution is 5.92. The molecule has 1 aromatic rings. The van der Waals surface area contributed by atoms with Gasteiger partial charge < -0.3 is 14.5 Å². The summed E-state index contributed by atoms with van der Waals surface area (Å²) in [7, 11) is 0. The van der Waals surface area contributed by atoms with E-state index >= 15 is 0 Å². The SMILES string of the molecule is CC(C)(C)OC(=O)N1CCN(C(=O)c2cccc(F)n2)CC1. The van der Waals surface area contributed by atoms with Crippen LogP contribution in [0.5, 0.6) is 0 Å². The van der Waals surface area contributed by atoms with Gasteiger partial charge in [-0.3, -0.25) is 4.79 Å². The molecular formula is C15H20FN3O3. The lowest BCUT2D eigenvalue weighted by atomic mass is 10.2. The smallest absolute Gasteiger partial charge is 0.410 e. The molecule has 2 heterocycles. The van der Waals surface area contributed by atoms with Crippen molar-refractivity contribution in [2.24, 2.45) is 0 Å². The van der Waals surface area contributed by atoms with Crippen molar-refractivity contribution in [2.75, 3.05) is 26.2 Å². The van der Waals surface area contributed by atoms with Crippen molar-refractivity contribution in [1.29, 1.82) is 0 Å². The molecule has 0 aromatic carbocycles. The number of halogens is 1. The lowest BCUT2D eigenvalue weighted by molar-refractivity contribution is 0.0140. The highest BCUT2D eigenvalue weighted by atomic mass is 19.1. The number of aromatic nitrogens is 1. The average Bonchev–Trinajstić information content (AvgIpc) is 2.45. The van der Waals surface area contributed by atoms with Gasteiger partial charge in [-0.15, -0.1) is 0 Å². The first-order valence-corrected chi connectivity index (χ1v) is 7.16. The summed E-state index contributed by atoms with van der Waals surface area (Å²) in [5.41, 5.74) is -0.471. The summed E-state index contributed by atoms with van der Waals surface area (Å²) in [5.74, 6) is -1.01. The molecule has 0 aliphatic carbocycles. The van der Waals surface area contributed by atoms with Gasteiger partial charge >= 0.3 is 6.09 Å². The molecule has 2 rings (SSSR count). The quantitative estimate of drug-likeness (QED) is 0.744. The van der Waals surface area contributed by atoms with E-state index in [1.165, 1.54) is 18.2 Å². The number of rotatable bonds is 1. The van der Waals surface area contributed by atoms with E-state index in [4.69, 9.17) is 4.74 Å². The third-order valence-electron chi connectivity index (χ3n) is 3.15. The first-order chi connectivity index (χ1) is 10.3. The van der Waals surface area contributed by atoms with Crippen molar-refractivity contribution in [3.63, 3.8) is 0 Å². The molecule has 1 aliphatic rings. The Balaban J connectivity index is 1.92. The van der Waals surface area contributed by atoms with Gasteiger partial charge in [0, 0.05) is 26.2 Å². The molecule has 1 fully saturated rings. The van der Waals surface area contributed by atoms with Gasteiger partial charge in [-0.25, -0.2) is 9.78 Å². The molecule has 1 aliphatic heterocycles. The number of pyridine rings is 1. The summed E-state index contributed by atoms with van der Waals surface area (Å²) in [5, 5.41) is 0. The minimum absolute atomic E-state index is 0.0747. The topological polar surface area (TPSA) is 62.7 Å². The van der Waals surface area contributed by atoms with Crippen LogP contribution < -0.4 is 0 Å². The Morgan fingerprint density at radius 2 is 1.73 bits per heavy atom. The van der Waals surface area contributed by atoms with Crippen LogP contribution in [0.3, 0.4) is 0 Å². The summed E-state index contributed by atoms with van der Waals surface area (Å²) in [6, 6.07) is 4.12. The number of carbonyl (C=O) groups is 2. The number of amides is 2. The maximum Gasteiger partial charge on any atom is 0.410 e. The number of piperazine rings is 1. The fourth-order valence-corrected chi connectivity index (χ4v) is 2.11. The summed E-state index contributed by atoms with van der Waals surface area (Å²) >= 11 is 0. The Hall–Kier alpha value is -2.18. The van der Waals surface area contributed by atoms with Crippen LogP contribution in [0.2, 0.25) is 0 Å². The van der Waals surface area contributed by atoms with Crippen molar-refractivity contribution in [3.8, 4) is 0 Å². The van der Waals surface area contributed by atoms with E-state index in [2.05, 4.69) is 4.98 Å². The molecule has 0 saturated carbocycles. The summed E-state index contributed by atoms with van der Waals surface area (Å²) in [6.07, 6.45) is -0.386. The molecule has 0 atom stereocenters. The van der Waals surface area contributed by atoms with Crippen LogP contribution in [0.25, 0.3) is 0 Å². The molecule has 1 aromatic heterocycles. The first-order valence-electron chi connectivity index (χ1n) is 7.16. The third kappa shape index (κ3) is 4.16. The van der Waals surface area contributed by atoms with Crippen LogP contribution in [0.4, 0.5) is 9.18 Å². The maximum absolute atomic E-state index is 13.1. The predicted molar refractivity (Wildman–Crippen MR) is 77.9 cm³/mol. The maximum atomic E-state index is 13.1. The van der Waals surface area contributed by atoms with E-state index < -0.39 is 11.5 Å². The lowest BCUT2D eigenvalue weighted by Crippen LogP contribution is -2.51. The zero-order chi connectivity index (χ0) is 16.3. The van der Waals surface area contributed by atoms with Gasteiger partial charge in [-0.05, 0) is 32.9 Å². The highest BCUT2D eigenvalue weighted by Crippen LogP contribution is 2.13. The van der Waals surface area contributed by atoms with Gasteiger partial charge in [0.25, 0.3) is 5.91 Å². The Morgan fingerprint density at radius 1 is 1.14 bits per heavy atom. The number of nitrogens with zero attached hydrogens (tertiary/aromatic N) is 3. The summed E-state index contributed by atoms with van der Waals surface area (Å²) in [4.78, 5) is 30.9. The molecule has 0 N–H and O–H groups in total. The molecule has 2 amide bonds. The number of ether oxygens (including phenoxy) is 1. The molecule has 6 nitrogen and oxygen atoms in total. The monoisotopic (exact) mass is 309 g/mol. The van der Waals surface area contributed by atoms with Crippen molar-refractivity contribution >= 4 is 12.0 Å². The second-order valence-electron chi connectivity index (χ2n) is 6.11. The molecular weight excluding hydrogens is 289 g/mol. The lowest BCUT2D eigenvalue weighted by Gasteiger charge is -2.35. The van der Waals surface area contributed by atoms with Crippen molar-refractivity contribution in [2.45, 2.75) is 26.4 Å². The van der Waals surface area contributed by atoms with Crippen LogP contribution in [0.1, 0.15) is 31.3 Å². The van der Waals surface area contributed by atoms with E-state index in [0.717, 1.165) is 0 Å². The molecule has 0 spiro atoms. The Kier molecular flexibility index (Phi) is 4.63. The first kappa shape index (κ1) is 16.2. The fourth-order valence-electron chi connectivity index (χ4n) is 2.11. The van der Waals surface area contributed by atoms with Crippen LogP contribution in [0.15, 0.2) is 18.2 Å². The van der Waals surface area contributed by atoms with E-state index in [9.17, 15) is 14.0 Å². The van der Waals surface area contributed by atoms with E-state index in [1.807, 2.05) is 0 Å². The second kappa shape index (κ2) is 6.29. The predicted octanol–water partition coefficient (Wildman–Crippen LogP) is 1.91. The number of carbonyl (C=O) groups excluding carboxylic acids is 2. The molecule has 120 valence electrons. The normalized spacial score (nSPS) is 15.6. The molecule has 0 radical (unpaired) electrons. The molecule has 1 saturated heterocycles. The Morgan fingerprint density at radius 3 is 2.27 bits per heavy atom. The van der Waals surface area contributed by atoms with Crippen LogP contribution in [0, 0.1) is 5.95 Å². The van der Waals surface area contributed by atoms with E-state index in [1.54, 1.807) is 30.6 Å². The molecule has 7 heteroatoms. The van der Waals surface area contributed by atoms with Gasteiger partial charge in [0.05, 0.1) is 0 Å². The van der Waals surface area contributed by atoms with Crippen molar-refractivity contribution < 1.29 is 18.7 Å². The molecule has 0 unspecified atom stereocenters. The highest BCUT2D eigenvalue weighted by Gasteiger charge is 2.28. The number of hydrogen-bond acceptors (Lipinski definition) is 4. The van der Waals surface area contributed by atoms with Gasteiger partial charge in [0.1, 0.15) is 11.3 Å². The van der Waals surface area contributed by atoms with E-state index in [0.29, 0.717) is 26.2 Å². The van der Waals surface area contributed by atoms with Crippen LogP contribution >= 0.6 is 0 Å². The fraction of sp³-hybridized carbons (Fsp3) is 0.533. The Labute approximate surface area is 128 Å². The van der Waals surface area contributed by atoms with Gasteiger partial charge in [-0.2, -0.15) is 4.39 Å². The minimum Gasteiger partial charge on any atom is -0.444 e. The molecule has 0 bridgehead atoms. The standard InChI is InChI=1S/C15H20FN3O3/c1-15(2,3)22-14(21)19-9-7-18(8-10-19)13(20)11-5-4-6-12(16)17-11/h4-6H,7-10H2,1-3H3. The minimum atomic E-state index is -0.682. The number of hydrogen-bond donors (Lipinski definition) is 0. The second-order valence-corrected chi connectivity index (χ2v) is 6.11. The average molecular weight is 309 g/mol. The van der Waals surface area contributed by atoms with Gasteiger partial charge in [0.15, 0.2) is 0 Å². The summed E-state index contributed by atoms with van der Waals surface area (Å²) in [6.45, 7) is 6.93.